The molecule has 0 aromatic carbocycles. The average Bonchev–Trinajstić information content (AvgIpc) is 2.50. The number of hydrogen-bond acceptors (Lipinski definition) is 2. The third-order valence-electron chi connectivity index (χ3n) is 2.59. The van der Waals surface area contributed by atoms with Gasteiger partial charge in [-0.05, 0) is 6.07 Å². The highest BCUT2D eigenvalue weighted by Gasteiger charge is 2.26. The summed E-state index contributed by atoms with van der Waals surface area (Å²) >= 11 is 0. The fourth-order valence-corrected chi connectivity index (χ4v) is 1.74. The van der Waals surface area contributed by atoms with Gasteiger partial charge in [-0.2, -0.15) is 0 Å². The number of rotatable bonds is 0. The second-order valence-electron chi connectivity index (χ2n) is 3.59. The Morgan fingerprint density at radius 2 is 2.00 bits per heavy atom. The second kappa shape index (κ2) is 2.97. The topological polar surface area (TPSA) is 42.3 Å². The predicted molar refractivity (Wildman–Crippen MR) is 51.3 cm³/mol. The van der Waals surface area contributed by atoms with E-state index in [1.807, 2.05) is 0 Å². The summed E-state index contributed by atoms with van der Waals surface area (Å²) in [5.41, 5.74) is 1.07. The maximum atomic E-state index is 11.8. The van der Waals surface area contributed by atoms with Crippen LogP contribution < -0.4 is 0 Å². The smallest absolute Gasteiger partial charge is 0.255 e. The molecule has 0 bridgehead atoms. The Kier molecular flexibility index (Phi) is 1.91. The van der Waals surface area contributed by atoms with E-state index in [1.54, 1.807) is 35.8 Å². The molecule has 0 fully saturated rings. The zero-order valence-corrected chi connectivity index (χ0v) is 8.28. The number of amides is 1. The molecule has 2 heterocycles. The molecule has 0 aliphatic carbocycles. The van der Waals surface area contributed by atoms with Crippen molar-refractivity contribution in [3.8, 4) is 0 Å². The highest BCUT2D eigenvalue weighted by atomic mass is 16.2. The summed E-state index contributed by atoms with van der Waals surface area (Å²) in [6.07, 6.45) is 2.16. The molecule has 1 aromatic heterocycles. The molecular weight excluding hydrogens is 180 g/mol. The maximum Gasteiger partial charge on any atom is 0.255 e. The van der Waals surface area contributed by atoms with Gasteiger partial charge in [0.1, 0.15) is 0 Å². The summed E-state index contributed by atoms with van der Waals surface area (Å²) in [4.78, 5) is 25.0. The van der Waals surface area contributed by atoms with Crippen LogP contribution >= 0.6 is 0 Å². The molecule has 1 aromatic rings. The molecule has 0 atom stereocenters. The van der Waals surface area contributed by atoms with Crippen LogP contribution in [0.15, 0.2) is 12.3 Å². The monoisotopic (exact) mass is 192 g/mol. The van der Waals surface area contributed by atoms with Crippen molar-refractivity contribution in [2.24, 2.45) is 7.05 Å². The number of aryl methyl sites for hydroxylation is 1. The van der Waals surface area contributed by atoms with Gasteiger partial charge in [0.05, 0.1) is 11.3 Å². The molecule has 4 nitrogen and oxygen atoms in total. The van der Waals surface area contributed by atoms with E-state index in [2.05, 4.69) is 0 Å². The molecule has 2 rings (SSSR count). The van der Waals surface area contributed by atoms with Crippen molar-refractivity contribution in [3.63, 3.8) is 0 Å². The van der Waals surface area contributed by atoms with Gasteiger partial charge in [0.25, 0.3) is 5.91 Å². The van der Waals surface area contributed by atoms with Crippen LogP contribution in [0.1, 0.15) is 27.3 Å². The number of hydrogen-bond donors (Lipinski definition) is 0. The molecule has 1 aliphatic rings. The minimum atomic E-state index is -0.0635. The van der Waals surface area contributed by atoms with Crippen LogP contribution in [0.4, 0.5) is 0 Å². The van der Waals surface area contributed by atoms with Crippen LogP contribution in [0.3, 0.4) is 0 Å². The quantitative estimate of drug-likeness (QED) is 0.606. The van der Waals surface area contributed by atoms with E-state index in [9.17, 15) is 9.59 Å². The fourth-order valence-electron chi connectivity index (χ4n) is 1.74. The Morgan fingerprint density at radius 1 is 1.29 bits per heavy atom. The van der Waals surface area contributed by atoms with E-state index in [1.165, 1.54) is 0 Å². The molecule has 0 saturated heterocycles. The molecule has 0 N–H and O–H groups in total. The molecular formula is C10H12N2O2. The Hall–Kier alpha value is -1.58. The van der Waals surface area contributed by atoms with Crippen LogP contribution in [0, 0.1) is 0 Å². The van der Waals surface area contributed by atoms with Gasteiger partial charge in [-0.3, -0.25) is 9.59 Å². The Morgan fingerprint density at radius 3 is 2.71 bits per heavy atom. The minimum absolute atomic E-state index is 0.0465. The van der Waals surface area contributed by atoms with Gasteiger partial charge in [0.2, 0.25) is 0 Å². The molecule has 14 heavy (non-hydrogen) atoms. The molecule has 0 saturated carbocycles. The van der Waals surface area contributed by atoms with Crippen molar-refractivity contribution in [2.75, 3.05) is 13.6 Å². The van der Waals surface area contributed by atoms with Gasteiger partial charge in [0.15, 0.2) is 5.78 Å². The number of fused-ring (bicyclic) bond motifs is 1. The number of Topliss-reactive ketones (excluding diaryl/α,β-unsaturated/α-hetero) is 1. The van der Waals surface area contributed by atoms with Crippen LogP contribution in [0.2, 0.25) is 0 Å². The standard InChI is InChI=1S/C10H12N2O2/c1-11-5-3-7-9(11)8(13)4-6-12(2)10(7)14/h3,5H,4,6H2,1-2H3. The van der Waals surface area contributed by atoms with Gasteiger partial charge in [-0.25, -0.2) is 0 Å². The number of carbonyl (C=O) groups is 2. The van der Waals surface area contributed by atoms with Crippen molar-refractivity contribution >= 4 is 11.7 Å². The SMILES string of the molecule is CN1CCC(=O)c2c(ccn2C)C1=O. The first kappa shape index (κ1) is 8.99. The number of carbonyl (C=O) groups excluding carboxylic acids is 2. The van der Waals surface area contributed by atoms with E-state index < -0.39 is 0 Å². The van der Waals surface area contributed by atoms with E-state index in [0.29, 0.717) is 24.2 Å². The van der Waals surface area contributed by atoms with Gasteiger partial charge in [-0.1, -0.05) is 0 Å². The Labute approximate surface area is 82.1 Å². The average molecular weight is 192 g/mol. The van der Waals surface area contributed by atoms with Crippen LogP contribution in [-0.2, 0) is 7.05 Å². The molecule has 1 aliphatic heterocycles. The number of aromatic nitrogens is 1. The Bertz CT molecular complexity index is 406. The number of nitrogens with zero attached hydrogens (tertiary/aromatic N) is 2. The van der Waals surface area contributed by atoms with E-state index in [-0.39, 0.29) is 11.7 Å². The summed E-state index contributed by atoms with van der Waals surface area (Å²) in [6, 6.07) is 1.71. The van der Waals surface area contributed by atoms with Crippen molar-refractivity contribution < 1.29 is 9.59 Å². The van der Waals surface area contributed by atoms with Gasteiger partial charge >= 0.3 is 0 Å². The van der Waals surface area contributed by atoms with Gasteiger partial charge in [-0.15, -0.1) is 0 Å². The van der Waals surface area contributed by atoms with Crippen LogP contribution in [-0.4, -0.2) is 34.7 Å². The first-order chi connectivity index (χ1) is 6.61. The summed E-state index contributed by atoms with van der Waals surface area (Å²) in [5.74, 6) is -0.0170. The number of ketones is 1. The fraction of sp³-hybridized carbons (Fsp3) is 0.400. The highest BCUT2D eigenvalue weighted by molar-refractivity contribution is 6.08. The summed E-state index contributed by atoms with van der Waals surface area (Å²) in [5, 5.41) is 0. The Balaban J connectivity index is 2.59. The molecule has 1 amide bonds. The van der Waals surface area contributed by atoms with Gasteiger partial charge < -0.3 is 9.47 Å². The first-order valence-corrected chi connectivity index (χ1v) is 4.55. The van der Waals surface area contributed by atoms with E-state index in [4.69, 9.17) is 0 Å². The van der Waals surface area contributed by atoms with E-state index >= 15 is 0 Å². The van der Waals surface area contributed by atoms with Crippen LogP contribution in [0.5, 0.6) is 0 Å². The maximum absolute atomic E-state index is 11.8. The van der Waals surface area contributed by atoms with E-state index in [0.717, 1.165) is 0 Å². The largest absolute Gasteiger partial charge is 0.348 e. The normalized spacial score (nSPS) is 16.9. The minimum Gasteiger partial charge on any atom is -0.348 e. The lowest BCUT2D eigenvalue weighted by atomic mass is 10.1. The molecule has 0 unspecified atom stereocenters. The highest BCUT2D eigenvalue weighted by Crippen LogP contribution is 2.18. The van der Waals surface area contributed by atoms with Crippen LogP contribution in [0.25, 0.3) is 0 Å². The van der Waals surface area contributed by atoms with Crippen molar-refractivity contribution in [2.45, 2.75) is 6.42 Å². The third kappa shape index (κ3) is 1.14. The van der Waals surface area contributed by atoms with Crippen molar-refractivity contribution in [1.29, 1.82) is 0 Å². The lowest BCUT2D eigenvalue weighted by molar-refractivity contribution is 0.0798. The lowest BCUT2D eigenvalue weighted by Gasteiger charge is -2.12. The summed E-state index contributed by atoms with van der Waals surface area (Å²) in [6.45, 7) is 0.506. The zero-order valence-electron chi connectivity index (χ0n) is 8.28. The summed E-state index contributed by atoms with van der Waals surface area (Å²) < 4.78 is 1.72. The third-order valence-corrected chi connectivity index (χ3v) is 2.59. The molecule has 0 radical (unpaired) electrons. The molecule has 4 heteroatoms. The lowest BCUT2D eigenvalue weighted by Crippen LogP contribution is -2.26. The molecule has 74 valence electrons. The summed E-state index contributed by atoms with van der Waals surface area (Å²) in [7, 11) is 3.51. The van der Waals surface area contributed by atoms with Crippen molar-refractivity contribution in [1.82, 2.24) is 9.47 Å². The van der Waals surface area contributed by atoms with Gasteiger partial charge in [0, 0.05) is 33.3 Å². The van der Waals surface area contributed by atoms with Crippen molar-refractivity contribution in [3.05, 3.63) is 23.5 Å². The predicted octanol–water partition coefficient (Wildman–Crippen LogP) is 0.683. The first-order valence-electron chi connectivity index (χ1n) is 4.55. The molecule has 0 spiro atoms. The zero-order chi connectivity index (χ0) is 10.3. The second-order valence-corrected chi connectivity index (χ2v) is 3.59.